The van der Waals surface area contributed by atoms with Gasteiger partial charge in [-0.15, -0.1) is 11.8 Å². The molecule has 2 aromatic carbocycles. The maximum Gasteiger partial charge on any atom is 0.248 e. The van der Waals surface area contributed by atoms with Crippen LogP contribution in [0, 0.1) is 5.82 Å². The van der Waals surface area contributed by atoms with Gasteiger partial charge in [-0.05, 0) is 48.2 Å². The van der Waals surface area contributed by atoms with E-state index in [2.05, 4.69) is 5.32 Å². The maximum absolute atomic E-state index is 13.0. The van der Waals surface area contributed by atoms with Crippen molar-refractivity contribution in [2.75, 3.05) is 11.6 Å². The molecule has 2 aromatic rings. The third-order valence-corrected chi connectivity index (χ3v) is 3.34. The summed E-state index contributed by atoms with van der Waals surface area (Å²) in [6.45, 7) is 0. The Kier molecular flexibility index (Phi) is 4.96. The van der Waals surface area contributed by atoms with Gasteiger partial charge in [0.05, 0.1) is 0 Å². The standard InChI is InChI=1S/C16H14FNOS/c1-20-15-7-3-6-14(11-15)18-16(19)9-8-12-4-2-5-13(17)10-12/h2-11H,1H3,(H,18,19). The third kappa shape index (κ3) is 4.24. The van der Waals surface area contributed by atoms with E-state index in [1.54, 1.807) is 30.0 Å². The van der Waals surface area contributed by atoms with E-state index < -0.39 is 0 Å². The van der Waals surface area contributed by atoms with Crippen molar-refractivity contribution in [3.05, 3.63) is 66.0 Å². The fraction of sp³-hybridized carbons (Fsp3) is 0.0625. The van der Waals surface area contributed by atoms with Crippen LogP contribution in [0.15, 0.2) is 59.5 Å². The zero-order valence-electron chi connectivity index (χ0n) is 11.0. The lowest BCUT2D eigenvalue weighted by molar-refractivity contribution is -0.111. The summed E-state index contributed by atoms with van der Waals surface area (Å²) in [7, 11) is 0. The second kappa shape index (κ2) is 6.91. The Morgan fingerprint density at radius 2 is 2.00 bits per heavy atom. The first-order valence-corrected chi connectivity index (χ1v) is 7.28. The van der Waals surface area contributed by atoms with Crippen LogP contribution in [0.1, 0.15) is 5.56 Å². The molecule has 0 aliphatic heterocycles. The molecule has 0 aliphatic carbocycles. The molecular formula is C16H14FNOS. The van der Waals surface area contributed by atoms with Crippen LogP contribution in [-0.2, 0) is 4.79 Å². The lowest BCUT2D eigenvalue weighted by Crippen LogP contribution is -2.07. The Bertz CT molecular complexity index is 640. The Balaban J connectivity index is 2.01. The van der Waals surface area contributed by atoms with E-state index in [0.717, 1.165) is 10.6 Å². The van der Waals surface area contributed by atoms with Crippen LogP contribution in [0.25, 0.3) is 6.08 Å². The second-order valence-corrected chi connectivity index (χ2v) is 4.99. The maximum atomic E-state index is 13.0. The molecule has 0 saturated heterocycles. The highest BCUT2D eigenvalue weighted by molar-refractivity contribution is 7.98. The minimum Gasteiger partial charge on any atom is -0.322 e. The number of rotatable bonds is 4. The molecule has 2 nitrogen and oxygen atoms in total. The van der Waals surface area contributed by atoms with Crippen molar-refractivity contribution in [2.24, 2.45) is 0 Å². The molecule has 0 aliphatic rings. The van der Waals surface area contributed by atoms with Crippen molar-refractivity contribution in [2.45, 2.75) is 4.90 Å². The van der Waals surface area contributed by atoms with Gasteiger partial charge in [-0.2, -0.15) is 0 Å². The number of amides is 1. The van der Waals surface area contributed by atoms with Crippen molar-refractivity contribution >= 4 is 29.4 Å². The SMILES string of the molecule is CSc1cccc(NC(=O)C=Cc2cccc(F)c2)c1. The van der Waals surface area contributed by atoms with Crippen molar-refractivity contribution in [1.29, 1.82) is 0 Å². The Labute approximate surface area is 121 Å². The molecule has 0 spiro atoms. The average molecular weight is 287 g/mol. The Hall–Kier alpha value is -2.07. The third-order valence-electron chi connectivity index (χ3n) is 2.61. The average Bonchev–Trinajstić information content (AvgIpc) is 2.45. The molecule has 102 valence electrons. The van der Waals surface area contributed by atoms with Crippen LogP contribution < -0.4 is 5.32 Å². The van der Waals surface area contributed by atoms with Crippen molar-refractivity contribution in [1.82, 2.24) is 0 Å². The monoisotopic (exact) mass is 287 g/mol. The summed E-state index contributed by atoms with van der Waals surface area (Å²) in [6, 6.07) is 13.7. The highest BCUT2D eigenvalue weighted by Gasteiger charge is 1.99. The summed E-state index contributed by atoms with van der Waals surface area (Å²) in [5, 5.41) is 2.77. The Morgan fingerprint density at radius 3 is 2.75 bits per heavy atom. The number of carbonyl (C=O) groups is 1. The van der Waals surface area contributed by atoms with Crippen LogP contribution in [0.4, 0.5) is 10.1 Å². The molecule has 2 rings (SSSR count). The summed E-state index contributed by atoms with van der Waals surface area (Å²) in [5.41, 5.74) is 1.39. The summed E-state index contributed by atoms with van der Waals surface area (Å²) >= 11 is 1.61. The minimum absolute atomic E-state index is 0.243. The minimum atomic E-state index is -0.319. The number of anilines is 1. The van der Waals surface area contributed by atoms with E-state index in [-0.39, 0.29) is 11.7 Å². The van der Waals surface area contributed by atoms with Crippen LogP contribution >= 0.6 is 11.8 Å². The van der Waals surface area contributed by atoms with Crippen molar-refractivity contribution in [3.63, 3.8) is 0 Å². The second-order valence-electron chi connectivity index (χ2n) is 4.11. The summed E-state index contributed by atoms with van der Waals surface area (Å²) < 4.78 is 13.0. The number of hydrogen-bond donors (Lipinski definition) is 1. The van der Waals surface area contributed by atoms with E-state index in [9.17, 15) is 9.18 Å². The van der Waals surface area contributed by atoms with Gasteiger partial charge in [-0.3, -0.25) is 4.79 Å². The van der Waals surface area contributed by atoms with E-state index in [1.165, 1.54) is 18.2 Å². The zero-order valence-corrected chi connectivity index (χ0v) is 11.8. The Morgan fingerprint density at radius 1 is 1.20 bits per heavy atom. The van der Waals surface area contributed by atoms with Crippen molar-refractivity contribution < 1.29 is 9.18 Å². The molecule has 0 saturated carbocycles. The molecule has 0 unspecified atom stereocenters. The van der Waals surface area contributed by atoms with Gasteiger partial charge in [0.2, 0.25) is 5.91 Å². The van der Waals surface area contributed by atoms with E-state index in [1.807, 2.05) is 30.5 Å². The highest BCUT2D eigenvalue weighted by atomic mass is 32.2. The number of hydrogen-bond acceptors (Lipinski definition) is 2. The zero-order chi connectivity index (χ0) is 14.4. The first kappa shape index (κ1) is 14.3. The van der Waals surface area contributed by atoms with Gasteiger partial charge in [0.25, 0.3) is 0 Å². The first-order chi connectivity index (χ1) is 9.67. The van der Waals surface area contributed by atoms with Crippen LogP contribution in [0.5, 0.6) is 0 Å². The van der Waals surface area contributed by atoms with Gasteiger partial charge < -0.3 is 5.32 Å². The highest BCUT2D eigenvalue weighted by Crippen LogP contribution is 2.18. The summed E-state index contributed by atoms with van der Waals surface area (Å²) in [4.78, 5) is 12.9. The van der Waals surface area contributed by atoms with Gasteiger partial charge >= 0.3 is 0 Å². The first-order valence-electron chi connectivity index (χ1n) is 6.06. The predicted octanol–water partition coefficient (Wildman–Crippen LogP) is 4.20. The number of thioether (sulfide) groups is 1. The number of carbonyl (C=O) groups excluding carboxylic acids is 1. The van der Waals surface area contributed by atoms with E-state index in [4.69, 9.17) is 0 Å². The fourth-order valence-corrected chi connectivity index (χ4v) is 2.13. The summed E-state index contributed by atoms with van der Waals surface area (Å²) in [5.74, 6) is -0.562. The van der Waals surface area contributed by atoms with E-state index in [0.29, 0.717) is 5.56 Å². The molecule has 1 N–H and O–H groups in total. The molecule has 0 atom stereocenters. The van der Waals surface area contributed by atoms with Gasteiger partial charge in [-0.1, -0.05) is 18.2 Å². The molecule has 1 amide bonds. The predicted molar refractivity (Wildman–Crippen MR) is 82.3 cm³/mol. The molecule has 4 heteroatoms. The lowest BCUT2D eigenvalue weighted by Gasteiger charge is -2.03. The number of benzene rings is 2. The largest absolute Gasteiger partial charge is 0.322 e. The molecule has 0 bridgehead atoms. The van der Waals surface area contributed by atoms with Crippen LogP contribution in [-0.4, -0.2) is 12.2 Å². The number of halogens is 1. The quantitative estimate of drug-likeness (QED) is 0.674. The molecular weight excluding hydrogens is 273 g/mol. The fourth-order valence-electron chi connectivity index (χ4n) is 1.67. The lowest BCUT2D eigenvalue weighted by atomic mass is 10.2. The van der Waals surface area contributed by atoms with Crippen molar-refractivity contribution in [3.8, 4) is 0 Å². The topological polar surface area (TPSA) is 29.1 Å². The molecule has 0 aromatic heterocycles. The normalized spacial score (nSPS) is 10.7. The number of nitrogens with one attached hydrogen (secondary N) is 1. The van der Waals surface area contributed by atoms with Gasteiger partial charge in [-0.25, -0.2) is 4.39 Å². The van der Waals surface area contributed by atoms with Gasteiger partial charge in [0.15, 0.2) is 0 Å². The van der Waals surface area contributed by atoms with Crippen LogP contribution in [0.3, 0.4) is 0 Å². The molecule has 0 heterocycles. The molecule has 0 radical (unpaired) electrons. The van der Waals surface area contributed by atoms with Gasteiger partial charge in [0.1, 0.15) is 5.82 Å². The smallest absolute Gasteiger partial charge is 0.248 e. The van der Waals surface area contributed by atoms with Gasteiger partial charge in [0, 0.05) is 16.7 Å². The molecule has 20 heavy (non-hydrogen) atoms. The van der Waals surface area contributed by atoms with E-state index >= 15 is 0 Å². The van der Waals surface area contributed by atoms with Crippen LogP contribution in [0.2, 0.25) is 0 Å². The summed E-state index contributed by atoms with van der Waals surface area (Å²) in [6.07, 6.45) is 4.95. The molecule has 0 fully saturated rings.